The highest BCUT2D eigenvalue weighted by molar-refractivity contribution is 5.99. The smallest absolute Gasteiger partial charge is 0.251 e. The fraction of sp³-hybridized carbons (Fsp3) is 0.486. The molecule has 0 bridgehead atoms. The molecule has 2 heterocycles. The van der Waals surface area contributed by atoms with Crippen molar-refractivity contribution in [3.63, 3.8) is 0 Å². The fourth-order valence-electron chi connectivity index (χ4n) is 6.50. The number of morpholine rings is 1. The molecule has 2 aliphatic heterocycles. The number of carbonyl (C=O) groups is 2. The zero-order chi connectivity index (χ0) is 29.6. The van der Waals surface area contributed by atoms with E-state index in [2.05, 4.69) is 64.7 Å². The largest absolute Gasteiger partial charge is 0.379 e. The summed E-state index contributed by atoms with van der Waals surface area (Å²) in [6.07, 6.45) is 8.42. The maximum atomic E-state index is 13.8. The van der Waals surface area contributed by atoms with Gasteiger partial charge in [0.05, 0.1) is 19.6 Å². The minimum Gasteiger partial charge on any atom is -0.379 e. The molecule has 2 amide bonds. The van der Waals surface area contributed by atoms with Gasteiger partial charge >= 0.3 is 0 Å². The lowest BCUT2D eigenvalue weighted by atomic mass is 9.92. The summed E-state index contributed by atoms with van der Waals surface area (Å²) in [4.78, 5) is 30.9. The summed E-state index contributed by atoms with van der Waals surface area (Å²) in [5, 5.41) is 6.03. The van der Waals surface area contributed by atoms with E-state index in [1.165, 1.54) is 37.7 Å². The van der Waals surface area contributed by atoms with Gasteiger partial charge in [-0.1, -0.05) is 43.5 Å². The Hall–Kier alpha value is -3.42. The molecule has 0 unspecified atom stereocenters. The molecule has 42 heavy (non-hydrogen) atoms. The lowest BCUT2D eigenvalue weighted by molar-refractivity contribution is -0.119. The van der Waals surface area contributed by atoms with Crippen LogP contribution in [0.4, 0.5) is 5.69 Å². The van der Waals surface area contributed by atoms with E-state index >= 15 is 0 Å². The number of nitrogens with one attached hydrogen (secondary N) is 2. The number of benzene rings is 2. The van der Waals surface area contributed by atoms with E-state index in [0.717, 1.165) is 72.1 Å². The van der Waals surface area contributed by atoms with Crippen molar-refractivity contribution < 1.29 is 14.3 Å². The number of ether oxygens (including phenoxy) is 1. The van der Waals surface area contributed by atoms with Gasteiger partial charge in [-0.2, -0.15) is 0 Å². The quantitative estimate of drug-likeness (QED) is 0.424. The van der Waals surface area contributed by atoms with Crippen LogP contribution in [0.3, 0.4) is 0 Å². The Morgan fingerprint density at radius 3 is 2.45 bits per heavy atom. The predicted molar refractivity (Wildman–Crippen MR) is 170 cm³/mol. The molecule has 1 saturated heterocycles. The summed E-state index contributed by atoms with van der Waals surface area (Å²) >= 11 is 0. The molecule has 1 aliphatic carbocycles. The summed E-state index contributed by atoms with van der Waals surface area (Å²) in [6, 6.07) is 13.5. The first-order valence-electron chi connectivity index (χ1n) is 15.5. The van der Waals surface area contributed by atoms with Crippen molar-refractivity contribution in [2.75, 3.05) is 44.8 Å². The molecule has 2 fully saturated rings. The van der Waals surface area contributed by atoms with Crippen molar-refractivity contribution in [2.24, 2.45) is 0 Å². The van der Waals surface area contributed by atoms with E-state index in [-0.39, 0.29) is 18.2 Å². The van der Waals surface area contributed by atoms with Crippen LogP contribution >= 0.6 is 0 Å². The Morgan fingerprint density at radius 1 is 1.02 bits per heavy atom. The third-order valence-electron chi connectivity index (χ3n) is 9.09. The second-order valence-electron chi connectivity index (χ2n) is 12.2. The van der Waals surface area contributed by atoms with E-state index < -0.39 is 0 Å². The number of nitrogens with zero attached hydrogens (tertiary/aromatic N) is 2. The third kappa shape index (κ3) is 7.31. The molecule has 1 saturated carbocycles. The molecule has 5 rings (SSSR count). The number of allylic oxidation sites excluding steroid dienone is 3. The van der Waals surface area contributed by atoms with Crippen molar-refractivity contribution in [1.82, 2.24) is 15.5 Å². The zero-order valence-electron chi connectivity index (χ0n) is 25.7. The number of hydrogen-bond donors (Lipinski definition) is 2. The molecule has 0 radical (unpaired) electrons. The molecule has 0 atom stereocenters. The first-order valence-corrected chi connectivity index (χ1v) is 15.5. The average Bonchev–Trinajstić information content (AvgIpc) is 3.12. The first-order chi connectivity index (χ1) is 20.3. The number of hydrogen-bond acceptors (Lipinski definition) is 5. The minimum atomic E-state index is -0.109. The van der Waals surface area contributed by atoms with Gasteiger partial charge in [0, 0.05) is 56.2 Å². The maximum absolute atomic E-state index is 13.8. The van der Waals surface area contributed by atoms with E-state index in [9.17, 15) is 9.59 Å². The van der Waals surface area contributed by atoms with Gasteiger partial charge in [-0.15, -0.1) is 0 Å². The van der Waals surface area contributed by atoms with E-state index in [1.807, 2.05) is 26.0 Å². The monoisotopic (exact) mass is 570 g/mol. The standard InChI is InChI=1S/C35H46N4O3/c1-24-18-25(2)37-34(40)21-30(24)22-36-35(41)32-19-29(20-33(26(32)3)38(4)31-8-6-5-7-9-31)28-12-10-27(11-13-28)23-39-14-16-42-17-15-39/h10-13,18-20,31H,5-9,14-17,21-23H2,1-4H3,(H,36,41)(H,37,40). The molecule has 3 aliphatic rings. The summed E-state index contributed by atoms with van der Waals surface area (Å²) < 4.78 is 5.50. The van der Waals surface area contributed by atoms with Gasteiger partial charge in [0.1, 0.15) is 0 Å². The second kappa shape index (κ2) is 13.7. The Balaban J connectivity index is 1.42. The summed E-state index contributed by atoms with van der Waals surface area (Å²) in [7, 11) is 2.18. The Bertz CT molecular complexity index is 1350. The van der Waals surface area contributed by atoms with Crippen LogP contribution in [0.25, 0.3) is 11.1 Å². The van der Waals surface area contributed by atoms with Gasteiger partial charge in [-0.3, -0.25) is 14.5 Å². The number of anilines is 1. The zero-order valence-corrected chi connectivity index (χ0v) is 25.7. The van der Waals surface area contributed by atoms with Gasteiger partial charge in [0.2, 0.25) is 5.91 Å². The van der Waals surface area contributed by atoms with Crippen molar-refractivity contribution in [3.8, 4) is 11.1 Å². The molecule has 2 aromatic carbocycles. The first kappa shape index (κ1) is 30.1. The summed E-state index contributed by atoms with van der Waals surface area (Å²) in [6.45, 7) is 10.7. The van der Waals surface area contributed by atoms with Crippen molar-refractivity contribution in [1.29, 1.82) is 0 Å². The summed E-state index contributed by atoms with van der Waals surface area (Å²) in [5.74, 6) is -0.154. The highest BCUT2D eigenvalue weighted by Gasteiger charge is 2.24. The van der Waals surface area contributed by atoms with Crippen LogP contribution < -0.4 is 15.5 Å². The van der Waals surface area contributed by atoms with Gasteiger partial charge in [0.15, 0.2) is 0 Å². The van der Waals surface area contributed by atoms with Gasteiger partial charge in [-0.25, -0.2) is 0 Å². The molecule has 0 aromatic heterocycles. The third-order valence-corrected chi connectivity index (χ3v) is 9.09. The van der Waals surface area contributed by atoms with E-state index in [1.54, 1.807) is 0 Å². The van der Waals surface area contributed by atoms with Crippen LogP contribution in [0, 0.1) is 6.92 Å². The predicted octanol–water partition coefficient (Wildman–Crippen LogP) is 5.73. The molecule has 2 aromatic rings. The van der Waals surface area contributed by atoms with Gasteiger partial charge < -0.3 is 20.3 Å². The van der Waals surface area contributed by atoms with Crippen molar-refractivity contribution in [2.45, 2.75) is 71.9 Å². The highest BCUT2D eigenvalue weighted by atomic mass is 16.5. The topological polar surface area (TPSA) is 73.9 Å². The van der Waals surface area contributed by atoms with Crippen LogP contribution in [0.2, 0.25) is 0 Å². The fourth-order valence-corrected chi connectivity index (χ4v) is 6.50. The maximum Gasteiger partial charge on any atom is 0.251 e. The normalized spacial score (nSPS) is 18.8. The van der Waals surface area contributed by atoms with E-state index in [4.69, 9.17) is 4.74 Å². The van der Waals surface area contributed by atoms with Crippen LogP contribution in [-0.4, -0.2) is 62.7 Å². The van der Waals surface area contributed by atoms with Crippen LogP contribution in [-0.2, 0) is 16.1 Å². The summed E-state index contributed by atoms with van der Waals surface area (Å²) in [5.41, 5.74) is 9.01. The molecule has 224 valence electrons. The average molecular weight is 571 g/mol. The molecule has 7 heteroatoms. The number of amides is 2. The molecule has 0 spiro atoms. The van der Waals surface area contributed by atoms with Gasteiger partial charge in [0.25, 0.3) is 5.91 Å². The Morgan fingerprint density at radius 2 is 1.74 bits per heavy atom. The highest BCUT2D eigenvalue weighted by Crippen LogP contribution is 2.34. The van der Waals surface area contributed by atoms with Crippen molar-refractivity contribution in [3.05, 3.63) is 76.0 Å². The lowest BCUT2D eigenvalue weighted by Gasteiger charge is -2.34. The van der Waals surface area contributed by atoms with Crippen molar-refractivity contribution >= 4 is 17.5 Å². The molecule has 2 N–H and O–H groups in total. The Labute approximate surface area is 251 Å². The second-order valence-corrected chi connectivity index (χ2v) is 12.2. The van der Waals surface area contributed by atoms with E-state index in [0.29, 0.717) is 18.2 Å². The lowest BCUT2D eigenvalue weighted by Crippen LogP contribution is -2.35. The molecular formula is C35H46N4O3. The van der Waals surface area contributed by atoms with Crippen LogP contribution in [0.15, 0.2) is 59.3 Å². The molecular weight excluding hydrogens is 524 g/mol. The Kier molecular flexibility index (Phi) is 9.80. The minimum absolute atomic E-state index is 0.0449. The van der Waals surface area contributed by atoms with Crippen LogP contribution in [0.5, 0.6) is 0 Å². The molecule has 7 nitrogen and oxygen atoms in total. The number of carbonyl (C=O) groups excluding carboxylic acids is 2. The van der Waals surface area contributed by atoms with Gasteiger partial charge in [-0.05, 0) is 85.2 Å². The SMILES string of the molecule is CC1=CC(C)=C(CNC(=O)c2cc(-c3ccc(CN4CCOCC4)cc3)cc(N(C)C3CCCCC3)c2C)CC(=O)N1. The van der Waals surface area contributed by atoms with Crippen LogP contribution in [0.1, 0.15) is 73.9 Å². The number of rotatable bonds is 8.